The summed E-state index contributed by atoms with van der Waals surface area (Å²) in [6.07, 6.45) is 2.68. The smallest absolute Gasteiger partial charge is 0.432 e. The summed E-state index contributed by atoms with van der Waals surface area (Å²) < 4.78 is 0.863. The molecule has 0 radical (unpaired) electrons. The fourth-order valence-electron chi connectivity index (χ4n) is 1.92. The van der Waals surface area contributed by atoms with E-state index in [-0.39, 0.29) is 4.05 Å². The summed E-state index contributed by atoms with van der Waals surface area (Å²) in [6, 6.07) is 8.57. The van der Waals surface area contributed by atoms with E-state index in [1.807, 2.05) is 0 Å². The van der Waals surface area contributed by atoms with Gasteiger partial charge in [0.25, 0.3) is 0 Å². The summed E-state index contributed by atoms with van der Waals surface area (Å²) in [4.78, 5) is 0. The van der Waals surface area contributed by atoms with E-state index in [1.165, 1.54) is 18.4 Å². The lowest BCUT2D eigenvalue weighted by atomic mass is 9.96. The quantitative estimate of drug-likeness (QED) is 0.583. The van der Waals surface area contributed by atoms with Crippen molar-refractivity contribution in [3.8, 4) is 0 Å². The Kier molecular flexibility index (Phi) is 5.06. The van der Waals surface area contributed by atoms with Gasteiger partial charge in [-0.3, -0.25) is 0 Å². The number of hydrogen-bond donors (Lipinski definition) is 1. The topological polar surface area (TPSA) is 20.2 Å². The zero-order valence-corrected chi connectivity index (χ0v) is 13.3. The van der Waals surface area contributed by atoms with Crippen LogP contribution in [-0.2, 0) is 0 Å². The number of rotatable bonds is 5. The van der Waals surface area contributed by atoms with Gasteiger partial charge in [0, 0.05) is 4.47 Å². The first-order valence-corrected chi connectivity index (χ1v) is 8.45. The average molecular weight is 411 g/mol. The van der Waals surface area contributed by atoms with Crippen molar-refractivity contribution >= 4 is 54.0 Å². The molecule has 1 nitrogen and oxygen atoms in total. The molecule has 1 fully saturated rings. The molecule has 16 heavy (non-hydrogen) atoms. The van der Waals surface area contributed by atoms with Gasteiger partial charge in [-0.1, -0.05) is 50.4 Å². The van der Waals surface area contributed by atoms with Crippen molar-refractivity contribution in [2.75, 3.05) is 5.75 Å². The molecule has 0 heterocycles. The molecule has 86 valence electrons. The number of benzene rings is 1. The minimum Gasteiger partial charge on any atom is -0.433 e. The van der Waals surface area contributed by atoms with Crippen molar-refractivity contribution in [1.82, 2.24) is 0 Å². The highest BCUT2D eigenvalue weighted by molar-refractivity contribution is 14.1. The van der Waals surface area contributed by atoms with Gasteiger partial charge in [-0.05, 0) is 48.1 Å². The third-order valence-electron chi connectivity index (χ3n) is 2.88. The van der Waals surface area contributed by atoms with E-state index in [0.717, 1.165) is 16.1 Å². The number of hydrogen-bond acceptors (Lipinski definition) is 2. The largest absolute Gasteiger partial charge is 0.433 e. The van der Waals surface area contributed by atoms with E-state index in [2.05, 4.69) is 62.6 Å². The van der Waals surface area contributed by atoms with Crippen LogP contribution in [0.2, 0.25) is 0 Å². The van der Waals surface area contributed by atoms with Crippen LogP contribution in [0.1, 0.15) is 24.3 Å². The van der Waals surface area contributed by atoms with Crippen molar-refractivity contribution in [3.63, 3.8) is 0 Å². The summed E-state index contributed by atoms with van der Waals surface area (Å²) in [6.45, 7) is 0. The van der Waals surface area contributed by atoms with Crippen LogP contribution in [0, 0.1) is 5.92 Å². The first-order valence-electron chi connectivity index (χ1n) is 5.36. The monoisotopic (exact) mass is 410 g/mol. The van der Waals surface area contributed by atoms with Crippen LogP contribution in [0.4, 0.5) is 0 Å². The molecule has 1 aromatic rings. The molecular formula is C11H13BBrIOS. The maximum atomic E-state index is 9.35. The Labute approximate surface area is 123 Å². The lowest BCUT2D eigenvalue weighted by Crippen LogP contribution is -2.08. The van der Waals surface area contributed by atoms with Crippen LogP contribution in [0.5, 0.6) is 0 Å². The molecule has 5 heteroatoms. The molecule has 0 amide bonds. The van der Waals surface area contributed by atoms with Crippen molar-refractivity contribution in [1.29, 1.82) is 0 Å². The summed E-state index contributed by atoms with van der Waals surface area (Å²) in [7, 11) is 0. The minimum atomic E-state index is -0.286. The second-order valence-corrected chi connectivity index (χ2v) is 8.18. The Morgan fingerprint density at radius 3 is 2.88 bits per heavy atom. The summed E-state index contributed by atoms with van der Waals surface area (Å²) in [5.74, 6) is 2.45. The molecule has 0 saturated heterocycles. The second-order valence-electron chi connectivity index (χ2n) is 4.12. The van der Waals surface area contributed by atoms with Gasteiger partial charge in [-0.2, -0.15) is 11.6 Å². The van der Waals surface area contributed by atoms with Crippen LogP contribution < -0.4 is 0 Å². The van der Waals surface area contributed by atoms with E-state index in [4.69, 9.17) is 0 Å². The average Bonchev–Trinajstić information content (AvgIpc) is 3.02. The second kappa shape index (κ2) is 6.11. The van der Waals surface area contributed by atoms with Crippen LogP contribution in [0.25, 0.3) is 0 Å². The molecule has 1 aliphatic rings. The Balaban J connectivity index is 2.06. The van der Waals surface area contributed by atoms with Gasteiger partial charge in [-0.25, -0.2) is 0 Å². The van der Waals surface area contributed by atoms with Gasteiger partial charge < -0.3 is 5.02 Å². The van der Waals surface area contributed by atoms with E-state index in [1.54, 1.807) is 11.6 Å². The third-order valence-corrected chi connectivity index (χ3v) is 5.28. The van der Waals surface area contributed by atoms with Crippen molar-refractivity contribution in [2.45, 2.75) is 18.8 Å². The maximum absolute atomic E-state index is 9.35. The van der Waals surface area contributed by atoms with Crippen molar-refractivity contribution < 1.29 is 5.02 Å². The molecule has 1 saturated carbocycles. The fraction of sp³-hybridized carbons (Fsp3) is 0.455. The molecular weight excluding hydrogens is 398 g/mol. The van der Waals surface area contributed by atoms with Crippen molar-refractivity contribution in [2.24, 2.45) is 5.92 Å². The Morgan fingerprint density at radius 1 is 1.56 bits per heavy atom. The highest BCUT2D eigenvalue weighted by atomic mass is 127. The van der Waals surface area contributed by atoms with Gasteiger partial charge in [-0.15, -0.1) is 0 Å². The Bertz CT molecular complexity index is 360. The molecule has 1 N–H and O–H groups in total. The lowest BCUT2D eigenvalue weighted by molar-refractivity contribution is 0.619. The Hall–Kier alpha value is 0.805. The zero-order valence-electron chi connectivity index (χ0n) is 8.77. The van der Waals surface area contributed by atoms with E-state index >= 15 is 0 Å². The molecule has 1 aromatic carbocycles. The maximum Gasteiger partial charge on any atom is 0.432 e. The summed E-state index contributed by atoms with van der Waals surface area (Å²) in [5.41, 5.74) is 1.40. The van der Waals surface area contributed by atoms with Gasteiger partial charge in [0.2, 0.25) is 0 Å². The van der Waals surface area contributed by atoms with E-state index in [0.29, 0.717) is 5.92 Å². The van der Waals surface area contributed by atoms with Gasteiger partial charge in [0.15, 0.2) is 0 Å². The van der Waals surface area contributed by atoms with Crippen LogP contribution in [0.15, 0.2) is 28.7 Å². The molecule has 1 atom stereocenters. The van der Waals surface area contributed by atoms with Crippen LogP contribution in [0.3, 0.4) is 0 Å². The first-order chi connectivity index (χ1) is 7.66. The molecule has 0 spiro atoms. The predicted molar refractivity (Wildman–Crippen MR) is 84.1 cm³/mol. The minimum absolute atomic E-state index is 0.286. The highest BCUT2D eigenvalue weighted by Gasteiger charge is 2.32. The van der Waals surface area contributed by atoms with Crippen molar-refractivity contribution in [3.05, 3.63) is 34.3 Å². The molecule has 0 bridgehead atoms. The molecule has 1 unspecified atom stereocenters. The fourth-order valence-corrected chi connectivity index (χ4v) is 3.79. The first kappa shape index (κ1) is 13.2. The van der Waals surface area contributed by atoms with Gasteiger partial charge >= 0.3 is 4.05 Å². The standard InChI is InChI=1S/C11H13BBrIOS/c13-10-3-1-2-9(6-10)11(8-4-5-8)7-16-12(14)15/h1-3,6,8,11,15H,4-5,7H2. The highest BCUT2D eigenvalue weighted by Crippen LogP contribution is 2.44. The Morgan fingerprint density at radius 2 is 2.31 bits per heavy atom. The SMILES string of the molecule is OB(I)SCC(c1cccc(Br)c1)C1CC1. The predicted octanol–water partition coefficient (Wildman–Crippen LogP) is 4.09. The summed E-state index contributed by atoms with van der Waals surface area (Å²) >= 11 is 7.21. The summed E-state index contributed by atoms with van der Waals surface area (Å²) in [5, 5.41) is 9.35. The zero-order chi connectivity index (χ0) is 11.5. The van der Waals surface area contributed by atoms with Gasteiger partial charge in [0.1, 0.15) is 0 Å². The molecule has 2 rings (SSSR count). The third kappa shape index (κ3) is 3.93. The number of halogens is 2. The molecule has 1 aliphatic carbocycles. The van der Waals surface area contributed by atoms with E-state index in [9.17, 15) is 5.02 Å². The van der Waals surface area contributed by atoms with Crippen LogP contribution >= 0.6 is 49.9 Å². The lowest BCUT2D eigenvalue weighted by Gasteiger charge is -2.16. The molecule has 0 aliphatic heterocycles. The van der Waals surface area contributed by atoms with Gasteiger partial charge in [0.05, 0.1) is 0 Å². The van der Waals surface area contributed by atoms with Crippen LogP contribution in [-0.4, -0.2) is 14.8 Å². The normalized spacial score (nSPS) is 17.2. The molecule has 0 aromatic heterocycles. The van der Waals surface area contributed by atoms with E-state index < -0.39 is 0 Å².